The van der Waals surface area contributed by atoms with Gasteiger partial charge in [-0.3, -0.25) is 4.79 Å². The van der Waals surface area contributed by atoms with E-state index in [0.29, 0.717) is 17.1 Å². The second-order valence-corrected chi connectivity index (χ2v) is 5.48. The van der Waals surface area contributed by atoms with Crippen molar-refractivity contribution in [3.63, 3.8) is 0 Å². The Balaban J connectivity index is 1.82. The van der Waals surface area contributed by atoms with Crippen LogP contribution < -0.4 is 20.7 Å². The number of ether oxygens (including phenoxy) is 1. The summed E-state index contributed by atoms with van der Waals surface area (Å²) < 4.78 is 6.06. The van der Waals surface area contributed by atoms with Gasteiger partial charge in [0, 0.05) is 10.2 Å². The minimum atomic E-state index is -0.486. The summed E-state index contributed by atoms with van der Waals surface area (Å²) in [5, 5.41) is 7.80. The molecule has 7 heteroatoms. The minimum absolute atomic E-state index is 0.142. The monoisotopic (exact) mass is 377 g/mol. The van der Waals surface area contributed by atoms with E-state index in [0.717, 1.165) is 4.47 Å². The first-order valence-electron chi connectivity index (χ1n) is 6.82. The van der Waals surface area contributed by atoms with Gasteiger partial charge in [-0.1, -0.05) is 28.1 Å². The maximum Gasteiger partial charge on any atom is 0.319 e. The summed E-state index contributed by atoms with van der Waals surface area (Å²) in [6.07, 6.45) is 0. The second-order valence-electron chi connectivity index (χ2n) is 4.56. The number of hydrogen-bond donors (Lipinski definition) is 3. The lowest BCUT2D eigenvalue weighted by atomic mass is 10.3. The van der Waals surface area contributed by atoms with Gasteiger partial charge in [-0.25, -0.2) is 4.79 Å². The molecule has 2 rings (SSSR count). The van der Waals surface area contributed by atoms with Crippen LogP contribution in [-0.4, -0.2) is 25.6 Å². The van der Waals surface area contributed by atoms with Gasteiger partial charge in [0.15, 0.2) is 0 Å². The number of methoxy groups -OCH3 is 1. The van der Waals surface area contributed by atoms with Gasteiger partial charge in [-0.2, -0.15) is 0 Å². The summed E-state index contributed by atoms with van der Waals surface area (Å²) in [6.45, 7) is -0.142. The predicted octanol–water partition coefficient (Wildman–Crippen LogP) is 3.22. The number of halogens is 1. The van der Waals surface area contributed by atoms with Gasteiger partial charge in [-0.05, 0) is 36.4 Å². The minimum Gasteiger partial charge on any atom is -0.495 e. The van der Waals surface area contributed by atoms with E-state index >= 15 is 0 Å². The molecule has 0 radical (unpaired) electrons. The summed E-state index contributed by atoms with van der Waals surface area (Å²) in [5.74, 6) is 0.226. The van der Waals surface area contributed by atoms with E-state index in [-0.39, 0.29) is 12.5 Å². The third-order valence-corrected chi connectivity index (χ3v) is 3.42. The van der Waals surface area contributed by atoms with E-state index in [1.54, 1.807) is 36.4 Å². The third-order valence-electron chi connectivity index (χ3n) is 2.89. The Labute approximate surface area is 142 Å². The Hall–Kier alpha value is -2.54. The Morgan fingerprint density at radius 1 is 1.04 bits per heavy atom. The molecule has 120 valence electrons. The van der Waals surface area contributed by atoms with Crippen LogP contribution in [0.25, 0.3) is 0 Å². The summed E-state index contributed by atoms with van der Waals surface area (Å²) in [6, 6.07) is 13.7. The molecular weight excluding hydrogens is 362 g/mol. The normalized spacial score (nSPS) is 9.83. The fraction of sp³-hybridized carbons (Fsp3) is 0.125. The molecule has 0 aliphatic carbocycles. The molecular formula is C16H16BrN3O3. The van der Waals surface area contributed by atoms with Crippen LogP contribution in [0.3, 0.4) is 0 Å². The topological polar surface area (TPSA) is 79.5 Å². The fourth-order valence-corrected chi connectivity index (χ4v) is 2.08. The molecule has 0 atom stereocenters. The lowest BCUT2D eigenvalue weighted by Gasteiger charge is -2.11. The Kier molecular flexibility index (Phi) is 5.99. The van der Waals surface area contributed by atoms with E-state index < -0.39 is 6.03 Å². The Morgan fingerprint density at radius 3 is 2.43 bits per heavy atom. The second kappa shape index (κ2) is 8.19. The molecule has 23 heavy (non-hydrogen) atoms. The Bertz CT molecular complexity index is 689. The van der Waals surface area contributed by atoms with E-state index in [4.69, 9.17) is 4.74 Å². The molecule has 3 amide bonds. The highest BCUT2D eigenvalue weighted by molar-refractivity contribution is 9.10. The van der Waals surface area contributed by atoms with Gasteiger partial charge in [0.05, 0.1) is 19.3 Å². The highest BCUT2D eigenvalue weighted by Crippen LogP contribution is 2.22. The fourth-order valence-electron chi connectivity index (χ4n) is 1.81. The molecule has 0 heterocycles. The highest BCUT2D eigenvalue weighted by atomic mass is 79.9. The van der Waals surface area contributed by atoms with Gasteiger partial charge >= 0.3 is 6.03 Å². The van der Waals surface area contributed by atoms with E-state index in [1.165, 1.54) is 7.11 Å². The number of hydrogen-bond acceptors (Lipinski definition) is 3. The molecule has 6 nitrogen and oxygen atoms in total. The maximum absolute atomic E-state index is 11.8. The van der Waals surface area contributed by atoms with Gasteiger partial charge in [0.2, 0.25) is 5.91 Å². The van der Waals surface area contributed by atoms with Crippen LogP contribution in [0.15, 0.2) is 53.0 Å². The summed E-state index contributed by atoms with van der Waals surface area (Å²) in [5.41, 5.74) is 1.19. The molecule has 0 aliphatic rings. The van der Waals surface area contributed by atoms with E-state index in [2.05, 4.69) is 31.9 Å². The molecule has 0 saturated carbocycles. The number of amides is 3. The molecule has 3 N–H and O–H groups in total. The quantitative estimate of drug-likeness (QED) is 0.748. The standard InChI is InChI=1S/C16H16BrN3O3/c1-23-14-5-3-2-4-13(14)20-16(22)18-10-15(21)19-12-8-6-11(17)7-9-12/h2-9H,10H2,1H3,(H,19,21)(H2,18,20,22). The summed E-state index contributed by atoms with van der Waals surface area (Å²) in [4.78, 5) is 23.6. The zero-order valence-corrected chi connectivity index (χ0v) is 14.0. The van der Waals surface area contributed by atoms with Crippen molar-refractivity contribution >= 4 is 39.2 Å². The van der Waals surface area contributed by atoms with Crippen molar-refractivity contribution in [1.29, 1.82) is 0 Å². The molecule has 0 aromatic heterocycles. The lowest BCUT2D eigenvalue weighted by molar-refractivity contribution is -0.115. The summed E-state index contributed by atoms with van der Waals surface area (Å²) in [7, 11) is 1.52. The number of urea groups is 1. The molecule has 0 bridgehead atoms. The third kappa shape index (κ3) is 5.30. The number of benzene rings is 2. The van der Waals surface area contributed by atoms with E-state index in [9.17, 15) is 9.59 Å². The van der Waals surface area contributed by atoms with Crippen LogP contribution in [-0.2, 0) is 4.79 Å². The SMILES string of the molecule is COc1ccccc1NC(=O)NCC(=O)Nc1ccc(Br)cc1. The lowest BCUT2D eigenvalue weighted by Crippen LogP contribution is -2.35. The van der Waals surface area contributed by atoms with Crippen molar-refractivity contribution in [2.75, 3.05) is 24.3 Å². The number of carbonyl (C=O) groups excluding carboxylic acids is 2. The van der Waals surface area contributed by atoms with Crippen molar-refractivity contribution in [2.24, 2.45) is 0 Å². The van der Waals surface area contributed by atoms with Crippen LogP contribution in [0.1, 0.15) is 0 Å². The molecule has 0 aliphatic heterocycles. The Morgan fingerprint density at radius 2 is 1.74 bits per heavy atom. The van der Waals surface area contributed by atoms with Crippen molar-refractivity contribution in [3.05, 3.63) is 53.0 Å². The smallest absolute Gasteiger partial charge is 0.319 e. The molecule has 0 spiro atoms. The largest absolute Gasteiger partial charge is 0.495 e. The molecule has 0 fully saturated rings. The van der Waals surface area contributed by atoms with Gasteiger partial charge < -0.3 is 20.7 Å². The first-order valence-corrected chi connectivity index (χ1v) is 7.61. The van der Waals surface area contributed by atoms with Crippen LogP contribution in [0, 0.1) is 0 Å². The average Bonchev–Trinajstić information content (AvgIpc) is 2.55. The maximum atomic E-state index is 11.8. The van der Waals surface area contributed by atoms with Gasteiger partial charge in [0.25, 0.3) is 0 Å². The van der Waals surface area contributed by atoms with E-state index in [1.807, 2.05) is 12.1 Å². The molecule has 2 aromatic carbocycles. The molecule has 2 aromatic rings. The zero-order chi connectivity index (χ0) is 16.7. The average molecular weight is 378 g/mol. The first-order chi connectivity index (χ1) is 11.1. The molecule has 0 unspecified atom stereocenters. The first kappa shape index (κ1) is 16.8. The predicted molar refractivity (Wildman–Crippen MR) is 92.8 cm³/mol. The van der Waals surface area contributed by atoms with Crippen molar-refractivity contribution in [1.82, 2.24) is 5.32 Å². The van der Waals surface area contributed by atoms with Crippen LogP contribution in [0.4, 0.5) is 16.2 Å². The zero-order valence-electron chi connectivity index (χ0n) is 12.4. The number of para-hydroxylation sites is 2. The van der Waals surface area contributed by atoms with Crippen molar-refractivity contribution < 1.29 is 14.3 Å². The van der Waals surface area contributed by atoms with Gasteiger partial charge in [-0.15, -0.1) is 0 Å². The van der Waals surface area contributed by atoms with Crippen LogP contribution in [0.2, 0.25) is 0 Å². The number of carbonyl (C=O) groups is 2. The number of rotatable bonds is 5. The molecule has 0 saturated heterocycles. The van der Waals surface area contributed by atoms with Crippen LogP contribution >= 0.6 is 15.9 Å². The van der Waals surface area contributed by atoms with Crippen molar-refractivity contribution in [2.45, 2.75) is 0 Å². The highest BCUT2D eigenvalue weighted by Gasteiger charge is 2.08. The number of anilines is 2. The van der Waals surface area contributed by atoms with Gasteiger partial charge in [0.1, 0.15) is 5.75 Å². The van der Waals surface area contributed by atoms with Crippen molar-refractivity contribution in [3.8, 4) is 5.75 Å². The summed E-state index contributed by atoms with van der Waals surface area (Å²) >= 11 is 3.32. The van der Waals surface area contributed by atoms with Crippen LogP contribution in [0.5, 0.6) is 5.75 Å². The number of nitrogens with one attached hydrogen (secondary N) is 3.